The first-order chi connectivity index (χ1) is 16.6. The van der Waals surface area contributed by atoms with Gasteiger partial charge in [-0.25, -0.2) is 17.9 Å². The molecule has 1 amide bonds. The molecule has 12 heteroatoms. The number of nitrogens with zero attached hydrogens (tertiary/aromatic N) is 3. The average Bonchev–Trinajstić information content (AvgIpc) is 3.24. The Kier molecular flexibility index (Phi) is 7.12. The highest BCUT2D eigenvalue weighted by molar-refractivity contribution is 7.92. The van der Waals surface area contributed by atoms with Gasteiger partial charge in [0.25, 0.3) is 5.91 Å². The highest BCUT2D eigenvalue weighted by atomic mass is 32.2. The number of carbonyl (C=O) groups is 2. The highest BCUT2D eigenvalue weighted by Crippen LogP contribution is 2.39. The molecule has 0 radical (unpaired) electrons. The number of ether oxygens (including phenoxy) is 1. The van der Waals surface area contributed by atoms with E-state index in [1.165, 1.54) is 18.0 Å². The number of aromatic carboxylic acids is 1. The van der Waals surface area contributed by atoms with Crippen molar-refractivity contribution >= 4 is 33.3 Å². The maximum atomic E-state index is 13.4. The van der Waals surface area contributed by atoms with Crippen molar-refractivity contribution in [3.05, 3.63) is 58.4 Å². The zero-order valence-corrected chi connectivity index (χ0v) is 21.9. The van der Waals surface area contributed by atoms with Gasteiger partial charge in [-0.1, -0.05) is 26.0 Å². The van der Waals surface area contributed by atoms with Crippen LogP contribution in [-0.2, 0) is 15.4 Å². The zero-order valence-electron chi connectivity index (χ0n) is 21.1. The number of nitrogens with one attached hydrogen (secondary N) is 2. The minimum atomic E-state index is -3.62. The Bertz CT molecular complexity index is 1450. The fourth-order valence-corrected chi connectivity index (χ4v) is 4.09. The third kappa shape index (κ3) is 5.82. The number of anilines is 2. The summed E-state index contributed by atoms with van der Waals surface area (Å²) >= 11 is 0. The fraction of sp³-hybridized carbons (Fsp3) is 0.333. The van der Waals surface area contributed by atoms with Crippen molar-refractivity contribution in [2.45, 2.75) is 40.0 Å². The minimum Gasteiger partial charge on any atom is -0.492 e. The number of aromatic nitrogens is 3. The Labute approximate surface area is 209 Å². The normalized spacial score (nSPS) is 11.8. The van der Waals surface area contributed by atoms with Gasteiger partial charge in [0.05, 0.1) is 36.6 Å². The SMILES string of the molecule is COc1c(NC(=O)c2cc(C)c(C)c(-n3cc(C(=O)O)nn3)c2)cc(C(C)(C)C)cc1NS(C)(=O)=O. The quantitative estimate of drug-likeness (QED) is 0.432. The number of amides is 1. The number of carboxylic acid groups (broad SMARTS) is 1. The number of methoxy groups -OCH3 is 1. The lowest BCUT2D eigenvalue weighted by molar-refractivity contribution is 0.0690. The second-order valence-electron chi connectivity index (χ2n) is 9.47. The molecule has 3 aromatic rings. The number of hydrogen-bond acceptors (Lipinski definition) is 7. The maximum absolute atomic E-state index is 13.4. The van der Waals surface area contributed by atoms with Gasteiger partial charge in [0.15, 0.2) is 11.4 Å². The van der Waals surface area contributed by atoms with Gasteiger partial charge in [-0.05, 0) is 60.2 Å². The maximum Gasteiger partial charge on any atom is 0.358 e. The summed E-state index contributed by atoms with van der Waals surface area (Å²) < 4.78 is 33.2. The predicted molar refractivity (Wildman–Crippen MR) is 136 cm³/mol. The lowest BCUT2D eigenvalue weighted by Crippen LogP contribution is -2.18. The molecule has 1 heterocycles. The summed E-state index contributed by atoms with van der Waals surface area (Å²) in [7, 11) is -2.24. The molecule has 0 aliphatic rings. The van der Waals surface area contributed by atoms with Crippen LogP contribution in [-0.4, -0.2) is 53.8 Å². The van der Waals surface area contributed by atoms with Crippen LogP contribution >= 0.6 is 0 Å². The van der Waals surface area contributed by atoms with Gasteiger partial charge in [0.2, 0.25) is 10.0 Å². The van der Waals surface area contributed by atoms with Crippen LogP contribution in [0.5, 0.6) is 5.75 Å². The number of carboxylic acids is 1. The van der Waals surface area contributed by atoms with Crippen molar-refractivity contribution in [3.63, 3.8) is 0 Å². The van der Waals surface area contributed by atoms with E-state index < -0.39 is 21.9 Å². The topological polar surface area (TPSA) is 153 Å². The number of rotatable bonds is 7. The molecule has 192 valence electrons. The molecule has 0 aliphatic carbocycles. The van der Waals surface area contributed by atoms with Gasteiger partial charge in [0, 0.05) is 5.56 Å². The first kappa shape index (κ1) is 26.7. The molecule has 0 bridgehead atoms. The fourth-order valence-electron chi connectivity index (χ4n) is 3.53. The lowest BCUT2D eigenvalue weighted by Gasteiger charge is -2.24. The monoisotopic (exact) mass is 515 g/mol. The summed E-state index contributed by atoms with van der Waals surface area (Å²) in [6.07, 6.45) is 2.30. The highest BCUT2D eigenvalue weighted by Gasteiger charge is 2.23. The van der Waals surface area contributed by atoms with Gasteiger partial charge >= 0.3 is 5.97 Å². The molecule has 3 rings (SSSR count). The number of sulfonamides is 1. The van der Waals surface area contributed by atoms with E-state index in [-0.39, 0.29) is 33.8 Å². The van der Waals surface area contributed by atoms with Crippen molar-refractivity contribution < 1.29 is 27.9 Å². The second kappa shape index (κ2) is 9.61. The van der Waals surface area contributed by atoms with Crippen LogP contribution in [0.3, 0.4) is 0 Å². The molecule has 0 aliphatic heterocycles. The van der Waals surface area contributed by atoms with Crippen molar-refractivity contribution in [1.82, 2.24) is 15.0 Å². The van der Waals surface area contributed by atoms with E-state index in [9.17, 15) is 18.0 Å². The molecule has 3 N–H and O–H groups in total. The predicted octanol–water partition coefficient (Wildman–Crippen LogP) is 3.51. The molecule has 2 aromatic carbocycles. The van der Waals surface area contributed by atoms with E-state index in [1.54, 1.807) is 24.3 Å². The van der Waals surface area contributed by atoms with E-state index >= 15 is 0 Å². The Balaban J connectivity index is 2.09. The smallest absolute Gasteiger partial charge is 0.358 e. The van der Waals surface area contributed by atoms with E-state index in [2.05, 4.69) is 20.4 Å². The van der Waals surface area contributed by atoms with E-state index in [0.717, 1.165) is 22.9 Å². The Hall–Kier alpha value is -3.93. The zero-order chi connectivity index (χ0) is 27.0. The standard InChI is InChI=1S/C24H29N5O6S/c1-13-8-15(9-20(14(13)2)29-12-19(23(31)32)26-28-29)22(30)25-17-10-16(24(3,4)5)11-18(21(17)35-6)27-36(7,33)34/h8-12,27H,1-7H3,(H,25,30)(H,31,32). The van der Waals surface area contributed by atoms with E-state index in [1.807, 2.05) is 34.6 Å². The molecule has 0 saturated heterocycles. The van der Waals surface area contributed by atoms with Crippen LogP contribution in [0.25, 0.3) is 5.69 Å². The van der Waals surface area contributed by atoms with Crippen LogP contribution in [0, 0.1) is 13.8 Å². The van der Waals surface area contributed by atoms with Crippen LogP contribution in [0.2, 0.25) is 0 Å². The summed E-state index contributed by atoms with van der Waals surface area (Å²) in [4.78, 5) is 24.6. The van der Waals surface area contributed by atoms with Crippen LogP contribution < -0.4 is 14.8 Å². The van der Waals surface area contributed by atoms with Gasteiger partial charge in [-0.15, -0.1) is 5.10 Å². The minimum absolute atomic E-state index is 0.160. The number of carbonyl (C=O) groups excluding carboxylic acids is 1. The molecule has 0 saturated carbocycles. The first-order valence-electron chi connectivity index (χ1n) is 10.9. The molecule has 11 nitrogen and oxygen atoms in total. The molecule has 0 unspecified atom stereocenters. The van der Waals surface area contributed by atoms with Crippen LogP contribution in [0.4, 0.5) is 11.4 Å². The Morgan fingerprint density at radius 2 is 1.72 bits per heavy atom. The summed E-state index contributed by atoms with van der Waals surface area (Å²) in [6.45, 7) is 9.53. The van der Waals surface area contributed by atoms with Gasteiger partial charge in [-0.2, -0.15) is 0 Å². The van der Waals surface area contributed by atoms with Crippen molar-refractivity contribution in [3.8, 4) is 11.4 Å². The van der Waals surface area contributed by atoms with Gasteiger partial charge in [-0.3, -0.25) is 9.52 Å². The number of aryl methyl sites for hydroxylation is 1. The molecule has 0 atom stereocenters. The Morgan fingerprint density at radius 3 is 2.25 bits per heavy atom. The van der Waals surface area contributed by atoms with E-state index in [0.29, 0.717) is 5.69 Å². The third-order valence-corrected chi connectivity index (χ3v) is 6.15. The largest absolute Gasteiger partial charge is 0.492 e. The summed E-state index contributed by atoms with van der Waals surface area (Å²) in [5.74, 6) is -1.53. The summed E-state index contributed by atoms with van der Waals surface area (Å²) in [5, 5.41) is 19.5. The van der Waals surface area contributed by atoms with Crippen LogP contribution in [0.1, 0.15) is 58.3 Å². The molecule has 0 fully saturated rings. The third-order valence-electron chi connectivity index (χ3n) is 5.56. The number of benzene rings is 2. The molecule has 36 heavy (non-hydrogen) atoms. The Morgan fingerprint density at radius 1 is 1.08 bits per heavy atom. The van der Waals surface area contributed by atoms with Gasteiger partial charge < -0.3 is 15.2 Å². The second-order valence-corrected chi connectivity index (χ2v) is 11.2. The lowest BCUT2D eigenvalue weighted by atomic mass is 9.86. The van der Waals surface area contributed by atoms with E-state index in [4.69, 9.17) is 9.84 Å². The van der Waals surface area contributed by atoms with Gasteiger partial charge in [0.1, 0.15) is 0 Å². The average molecular weight is 516 g/mol. The molecule has 1 aromatic heterocycles. The number of hydrogen-bond donors (Lipinski definition) is 3. The summed E-state index contributed by atoms with van der Waals surface area (Å²) in [5.41, 5.74) is 3.02. The van der Waals surface area contributed by atoms with Crippen molar-refractivity contribution in [2.24, 2.45) is 0 Å². The molecule has 0 spiro atoms. The van der Waals surface area contributed by atoms with Crippen molar-refractivity contribution in [1.29, 1.82) is 0 Å². The molecular formula is C24H29N5O6S. The summed E-state index contributed by atoms with van der Waals surface area (Å²) in [6, 6.07) is 6.68. The first-order valence-corrected chi connectivity index (χ1v) is 12.8. The van der Waals surface area contributed by atoms with Crippen LogP contribution in [0.15, 0.2) is 30.5 Å². The van der Waals surface area contributed by atoms with Crippen molar-refractivity contribution in [2.75, 3.05) is 23.4 Å². The molecular weight excluding hydrogens is 486 g/mol.